The van der Waals surface area contributed by atoms with Crippen molar-refractivity contribution in [3.05, 3.63) is 56.4 Å². The standard InChI is InChI=1S/C21H22N2O5S4/c1-14-10-17(30-12-14)16-2-3-18(31-16)21(11-19(24)22-26)5-6-23(7-9-32(21,27)28)20(25)15-4-8-29-13-15/h2-4,8,10,12-13,26H,5-7,9,11H2,1H3,(H,22,24)/t21-/m0/s1. The number of carbonyl (C=O) groups excluding carboxylic acids is 2. The van der Waals surface area contributed by atoms with Gasteiger partial charge in [0, 0.05) is 33.1 Å². The van der Waals surface area contributed by atoms with E-state index < -0.39 is 26.9 Å². The van der Waals surface area contributed by atoms with Crippen LogP contribution in [0.15, 0.2) is 40.4 Å². The van der Waals surface area contributed by atoms with Crippen LogP contribution in [0.1, 0.15) is 33.6 Å². The van der Waals surface area contributed by atoms with E-state index >= 15 is 0 Å². The van der Waals surface area contributed by atoms with Crippen molar-refractivity contribution < 1.29 is 23.2 Å². The minimum absolute atomic E-state index is 0.0574. The Bertz CT molecular complexity index is 1230. The van der Waals surface area contributed by atoms with E-state index in [2.05, 4.69) is 0 Å². The summed E-state index contributed by atoms with van der Waals surface area (Å²) in [6.07, 6.45) is -0.336. The van der Waals surface area contributed by atoms with Crippen LogP contribution in [0.3, 0.4) is 0 Å². The van der Waals surface area contributed by atoms with Gasteiger partial charge in [0.25, 0.3) is 5.91 Å². The number of thiophene rings is 3. The van der Waals surface area contributed by atoms with Crippen LogP contribution in [0, 0.1) is 6.92 Å². The molecule has 0 aromatic carbocycles. The van der Waals surface area contributed by atoms with E-state index in [1.807, 2.05) is 24.4 Å². The highest BCUT2D eigenvalue weighted by Gasteiger charge is 2.50. The Morgan fingerprint density at radius 2 is 2.00 bits per heavy atom. The Balaban J connectivity index is 1.73. The molecule has 0 radical (unpaired) electrons. The number of rotatable bonds is 5. The summed E-state index contributed by atoms with van der Waals surface area (Å²) >= 11 is 4.32. The zero-order valence-corrected chi connectivity index (χ0v) is 20.5. The highest BCUT2D eigenvalue weighted by atomic mass is 32.2. The first-order valence-electron chi connectivity index (χ1n) is 9.88. The van der Waals surface area contributed by atoms with Gasteiger partial charge in [-0.15, -0.1) is 22.7 Å². The number of hydroxylamine groups is 1. The van der Waals surface area contributed by atoms with Crippen LogP contribution in [-0.4, -0.2) is 49.2 Å². The first-order valence-corrected chi connectivity index (χ1v) is 14.2. The first-order chi connectivity index (χ1) is 15.3. The molecule has 3 aromatic heterocycles. The number of nitrogens with zero attached hydrogens (tertiary/aromatic N) is 1. The average Bonchev–Trinajstić information content (AvgIpc) is 3.52. The monoisotopic (exact) mass is 510 g/mol. The van der Waals surface area contributed by atoms with Crippen LogP contribution in [0.25, 0.3) is 9.75 Å². The van der Waals surface area contributed by atoms with Crippen molar-refractivity contribution in [2.45, 2.75) is 24.5 Å². The maximum Gasteiger partial charge on any atom is 0.254 e. The Kier molecular flexibility index (Phi) is 6.55. The predicted octanol–water partition coefficient (Wildman–Crippen LogP) is 3.90. The number of hydrogen-bond acceptors (Lipinski definition) is 8. The number of aryl methyl sites for hydroxylation is 1. The third-order valence-corrected chi connectivity index (χ3v) is 11.5. The largest absolute Gasteiger partial charge is 0.338 e. The number of hydrogen-bond donors (Lipinski definition) is 2. The van der Waals surface area contributed by atoms with Crippen molar-refractivity contribution >= 4 is 55.7 Å². The maximum absolute atomic E-state index is 13.6. The summed E-state index contributed by atoms with van der Waals surface area (Å²) in [5, 5.41) is 14.7. The van der Waals surface area contributed by atoms with Crippen LogP contribution in [-0.2, 0) is 19.4 Å². The van der Waals surface area contributed by atoms with E-state index in [-0.39, 0.29) is 31.2 Å². The van der Waals surface area contributed by atoms with Crippen LogP contribution in [0.4, 0.5) is 0 Å². The van der Waals surface area contributed by atoms with Crippen molar-refractivity contribution in [2.24, 2.45) is 0 Å². The molecule has 1 atom stereocenters. The second-order valence-corrected chi connectivity index (χ2v) is 12.9. The van der Waals surface area contributed by atoms with Gasteiger partial charge in [0.15, 0.2) is 9.84 Å². The van der Waals surface area contributed by atoms with E-state index in [9.17, 15) is 18.0 Å². The lowest BCUT2D eigenvalue weighted by Gasteiger charge is -2.30. The molecular weight excluding hydrogens is 489 g/mol. The van der Waals surface area contributed by atoms with Gasteiger partial charge in [-0.3, -0.25) is 14.8 Å². The van der Waals surface area contributed by atoms with Crippen molar-refractivity contribution in [1.82, 2.24) is 10.4 Å². The number of carbonyl (C=O) groups is 2. The number of amides is 2. The molecule has 1 fully saturated rings. The van der Waals surface area contributed by atoms with Gasteiger partial charge >= 0.3 is 0 Å². The van der Waals surface area contributed by atoms with E-state index in [0.29, 0.717) is 10.4 Å². The molecule has 32 heavy (non-hydrogen) atoms. The van der Waals surface area contributed by atoms with Crippen molar-refractivity contribution in [2.75, 3.05) is 18.8 Å². The molecule has 4 rings (SSSR count). The van der Waals surface area contributed by atoms with Crippen molar-refractivity contribution in [3.8, 4) is 9.75 Å². The fourth-order valence-electron chi connectivity index (χ4n) is 3.92. The molecule has 0 bridgehead atoms. The quantitative estimate of drug-likeness (QED) is 0.400. The molecule has 7 nitrogen and oxygen atoms in total. The molecule has 1 aliphatic heterocycles. The average molecular weight is 511 g/mol. The summed E-state index contributed by atoms with van der Waals surface area (Å²) in [5.41, 5.74) is 3.24. The molecule has 170 valence electrons. The summed E-state index contributed by atoms with van der Waals surface area (Å²) in [5.74, 6) is -1.25. The fraction of sp³-hybridized carbons (Fsp3) is 0.333. The van der Waals surface area contributed by atoms with E-state index in [1.54, 1.807) is 39.7 Å². The van der Waals surface area contributed by atoms with Gasteiger partial charge in [-0.25, -0.2) is 13.9 Å². The number of sulfone groups is 1. The molecule has 11 heteroatoms. The second kappa shape index (κ2) is 9.06. The molecule has 0 unspecified atom stereocenters. The van der Waals surface area contributed by atoms with E-state index in [4.69, 9.17) is 5.21 Å². The molecule has 4 heterocycles. The molecule has 0 saturated carbocycles. The van der Waals surface area contributed by atoms with Gasteiger partial charge in [0.1, 0.15) is 4.75 Å². The van der Waals surface area contributed by atoms with Gasteiger partial charge in [0.2, 0.25) is 5.91 Å². The Morgan fingerprint density at radius 1 is 1.19 bits per heavy atom. The Hall–Kier alpha value is -2.05. The normalized spacial score (nSPS) is 20.6. The Morgan fingerprint density at radius 3 is 2.66 bits per heavy atom. The molecule has 2 N–H and O–H groups in total. The highest BCUT2D eigenvalue weighted by molar-refractivity contribution is 7.92. The fourth-order valence-corrected chi connectivity index (χ4v) is 9.15. The van der Waals surface area contributed by atoms with Crippen LogP contribution < -0.4 is 5.48 Å². The summed E-state index contributed by atoms with van der Waals surface area (Å²) in [7, 11) is -3.83. The van der Waals surface area contributed by atoms with Gasteiger partial charge in [-0.1, -0.05) is 0 Å². The van der Waals surface area contributed by atoms with Gasteiger partial charge < -0.3 is 4.90 Å². The lowest BCUT2D eigenvalue weighted by Crippen LogP contribution is -2.41. The zero-order valence-electron chi connectivity index (χ0n) is 17.2. The van der Waals surface area contributed by atoms with Crippen LogP contribution in [0.2, 0.25) is 0 Å². The SMILES string of the molecule is Cc1csc(-c2ccc([C@@]3(CC(=O)NO)CCN(C(=O)c4ccsc4)CCS3(=O)=O)s2)c1. The van der Waals surface area contributed by atoms with Gasteiger partial charge in [-0.05, 0) is 53.9 Å². The second-order valence-electron chi connectivity index (χ2n) is 7.73. The molecule has 3 aromatic rings. The molecule has 1 saturated heterocycles. The third kappa shape index (κ3) is 4.27. The highest BCUT2D eigenvalue weighted by Crippen LogP contribution is 2.46. The van der Waals surface area contributed by atoms with Gasteiger partial charge in [0.05, 0.1) is 17.7 Å². The topological polar surface area (TPSA) is 104 Å². The maximum atomic E-state index is 13.6. The minimum Gasteiger partial charge on any atom is -0.338 e. The summed E-state index contributed by atoms with van der Waals surface area (Å²) < 4.78 is 25.7. The number of nitrogens with one attached hydrogen (secondary N) is 1. The van der Waals surface area contributed by atoms with E-state index in [1.165, 1.54) is 27.6 Å². The predicted molar refractivity (Wildman–Crippen MR) is 127 cm³/mol. The van der Waals surface area contributed by atoms with E-state index in [0.717, 1.165) is 15.3 Å². The van der Waals surface area contributed by atoms with Crippen molar-refractivity contribution in [1.29, 1.82) is 0 Å². The zero-order chi connectivity index (χ0) is 22.9. The summed E-state index contributed by atoms with van der Waals surface area (Å²) in [6.45, 7) is 2.25. The van der Waals surface area contributed by atoms with Crippen LogP contribution >= 0.6 is 34.0 Å². The van der Waals surface area contributed by atoms with Crippen LogP contribution in [0.5, 0.6) is 0 Å². The first kappa shape index (κ1) is 23.1. The third-order valence-electron chi connectivity index (χ3n) is 5.67. The molecular formula is C21H22N2O5S4. The minimum atomic E-state index is -3.83. The van der Waals surface area contributed by atoms with Gasteiger partial charge in [-0.2, -0.15) is 11.3 Å². The molecule has 0 aliphatic carbocycles. The lowest BCUT2D eigenvalue weighted by atomic mass is 9.97. The smallest absolute Gasteiger partial charge is 0.254 e. The molecule has 0 spiro atoms. The molecule has 2 amide bonds. The molecule has 1 aliphatic rings. The summed E-state index contributed by atoms with van der Waals surface area (Å²) in [6, 6.07) is 7.38. The Labute approximate surface area is 198 Å². The summed E-state index contributed by atoms with van der Waals surface area (Å²) in [4.78, 5) is 29.1. The van der Waals surface area contributed by atoms with Crippen molar-refractivity contribution in [3.63, 3.8) is 0 Å². The lowest BCUT2D eigenvalue weighted by molar-refractivity contribution is -0.129.